The average Bonchev–Trinajstić information content (AvgIpc) is 2.68. The number of carbonyl (C=O) groups excluding carboxylic acids is 2. The lowest BCUT2D eigenvalue weighted by atomic mass is 9.99. The van der Waals surface area contributed by atoms with Crippen molar-refractivity contribution in [1.29, 1.82) is 0 Å². The third-order valence-corrected chi connectivity index (χ3v) is 5.36. The minimum absolute atomic E-state index is 0.0372. The summed E-state index contributed by atoms with van der Waals surface area (Å²) in [4.78, 5) is 31.0. The van der Waals surface area contributed by atoms with Crippen LogP contribution in [0.3, 0.4) is 0 Å². The van der Waals surface area contributed by atoms with Gasteiger partial charge in [0.05, 0.1) is 30.4 Å². The molecule has 0 bridgehead atoms. The maximum Gasteiger partial charge on any atom is 0.317 e. The Hall–Kier alpha value is -2.48. The Bertz CT molecular complexity index is 753. The van der Waals surface area contributed by atoms with Crippen LogP contribution in [0.2, 0.25) is 0 Å². The van der Waals surface area contributed by atoms with Gasteiger partial charge in [-0.25, -0.2) is 4.79 Å². The van der Waals surface area contributed by atoms with Crippen LogP contribution in [-0.2, 0) is 0 Å². The zero-order chi connectivity index (χ0) is 22.6. The Kier molecular flexibility index (Phi) is 7.95. The van der Waals surface area contributed by atoms with E-state index in [1.807, 2.05) is 58.8 Å². The van der Waals surface area contributed by atoms with Crippen molar-refractivity contribution >= 4 is 17.6 Å². The third-order valence-electron chi connectivity index (χ3n) is 5.36. The number of rotatable bonds is 6. The molecule has 1 aromatic rings. The number of benzene rings is 1. The molecule has 8 heteroatoms. The Morgan fingerprint density at radius 3 is 2.53 bits per heavy atom. The number of ether oxygens (including phenoxy) is 1. The molecule has 0 spiro atoms. The van der Waals surface area contributed by atoms with Crippen LogP contribution in [0.15, 0.2) is 18.2 Å². The van der Waals surface area contributed by atoms with Crippen molar-refractivity contribution in [3.63, 3.8) is 0 Å². The Morgan fingerprint density at radius 1 is 1.30 bits per heavy atom. The zero-order valence-corrected chi connectivity index (χ0v) is 19.2. The van der Waals surface area contributed by atoms with Gasteiger partial charge in [0.15, 0.2) is 5.75 Å². The first-order valence-corrected chi connectivity index (χ1v) is 10.5. The minimum Gasteiger partial charge on any atom is -0.485 e. The van der Waals surface area contributed by atoms with Gasteiger partial charge in [-0.05, 0) is 32.9 Å². The van der Waals surface area contributed by atoms with E-state index >= 15 is 0 Å². The van der Waals surface area contributed by atoms with Crippen molar-refractivity contribution in [2.24, 2.45) is 5.92 Å². The van der Waals surface area contributed by atoms with E-state index in [2.05, 4.69) is 5.32 Å². The smallest absolute Gasteiger partial charge is 0.317 e. The average molecular weight is 421 g/mol. The summed E-state index contributed by atoms with van der Waals surface area (Å²) in [5.74, 6) is 0.295. The van der Waals surface area contributed by atoms with Crippen molar-refractivity contribution < 1.29 is 19.4 Å². The second kappa shape index (κ2) is 10.0. The summed E-state index contributed by atoms with van der Waals surface area (Å²) >= 11 is 0. The predicted molar refractivity (Wildman–Crippen MR) is 118 cm³/mol. The fourth-order valence-corrected chi connectivity index (χ4v) is 3.51. The standard InChI is InChI=1S/C22H36N4O4/c1-14(2)23-22(29)25(7)12-19-15(3)11-26(16(4)13-27)21(28)17-9-8-10-18(24(5)6)20(17)30-19/h8-10,14-16,19,27H,11-13H2,1-7H3,(H,23,29)/t15-,16+,19+/m1/s1. The summed E-state index contributed by atoms with van der Waals surface area (Å²) in [7, 11) is 5.54. The molecule has 3 amide bonds. The number of para-hydroxylation sites is 1. The van der Waals surface area contributed by atoms with Crippen LogP contribution < -0.4 is 15.0 Å². The number of aliphatic hydroxyl groups excluding tert-OH is 1. The Balaban J connectivity index is 2.45. The van der Waals surface area contributed by atoms with Crippen LogP contribution in [0, 0.1) is 5.92 Å². The molecule has 8 nitrogen and oxygen atoms in total. The largest absolute Gasteiger partial charge is 0.485 e. The van der Waals surface area contributed by atoms with Crippen LogP contribution in [0.5, 0.6) is 5.75 Å². The van der Waals surface area contributed by atoms with E-state index in [1.165, 1.54) is 0 Å². The molecule has 1 aliphatic rings. The number of urea groups is 1. The van der Waals surface area contributed by atoms with Crippen molar-refractivity contribution in [2.75, 3.05) is 45.7 Å². The molecular formula is C22H36N4O4. The van der Waals surface area contributed by atoms with Gasteiger partial charge in [0.1, 0.15) is 6.10 Å². The number of aliphatic hydroxyl groups is 1. The first-order valence-electron chi connectivity index (χ1n) is 10.5. The molecule has 1 heterocycles. The maximum atomic E-state index is 13.3. The summed E-state index contributed by atoms with van der Waals surface area (Å²) in [6.45, 7) is 8.35. The highest BCUT2D eigenvalue weighted by molar-refractivity contribution is 5.99. The van der Waals surface area contributed by atoms with Gasteiger partial charge in [-0.3, -0.25) is 4.79 Å². The van der Waals surface area contributed by atoms with E-state index in [9.17, 15) is 14.7 Å². The van der Waals surface area contributed by atoms with Crippen LogP contribution >= 0.6 is 0 Å². The molecule has 0 saturated carbocycles. The fourth-order valence-electron chi connectivity index (χ4n) is 3.51. The second-order valence-corrected chi connectivity index (χ2v) is 8.66. The van der Waals surface area contributed by atoms with Crippen molar-refractivity contribution in [3.05, 3.63) is 23.8 Å². The molecule has 0 aromatic heterocycles. The molecule has 0 fully saturated rings. The molecule has 3 atom stereocenters. The lowest BCUT2D eigenvalue weighted by Crippen LogP contribution is -2.51. The summed E-state index contributed by atoms with van der Waals surface area (Å²) in [5.41, 5.74) is 1.26. The van der Waals surface area contributed by atoms with Crippen LogP contribution in [0.4, 0.5) is 10.5 Å². The molecule has 2 rings (SSSR count). The normalized spacial score (nSPS) is 20.0. The van der Waals surface area contributed by atoms with Crippen LogP contribution in [0.25, 0.3) is 0 Å². The van der Waals surface area contributed by atoms with Crippen molar-refractivity contribution in [1.82, 2.24) is 15.1 Å². The number of hydrogen-bond donors (Lipinski definition) is 2. The molecule has 0 aliphatic carbocycles. The highest BCUT2D eigenvalue weighted by atomic mass is 16.5. The highest BCUT2D eigenvalue weighted by Gasteiger charge is 2.35. The van der Waals surface area contributed by atoms with Gasteiger partial charge in [-0.2, -0.15) is 0 Å². The number of anilines is 1. The van der Waals surface area contributed by atoms with E-state index in [1.54, 1.807) is 22.9 Å². The van der Waals surface area contributed by atoms with E-state index in [0.717, 1.165) is 5.69 Å². The number of fused-ring (bicyclic) bond motifs is 1. The van der Waals surface area contributed by atoms with Crippen LogP contribution in [-0.4, -0.2) is 85.9 Å². The molecule has 30 heavy (non-hydrogen) atoms. The molecule has 2 N–H and O–H groups in total. The summed E-state index contributed by atoms with van der Waals surface area (Å²) in [5, 5.41) is 12.6. The molecule has 1 aliphatic heterocycles. The third kappa shape index (κ3) is 5.36. The van der Waals surface area contributed by atoms with E-state index in [4.69, 9.17) is 4.74 Å². The van der Waals surface area contributed by atoms with Gasteiger partial charge in [-0.15, -0.1) is 0 Å². The van der Waals surface area contributed by atoms with Gasteiger partial charge in [0.2, 0.25) is 0 Å². The Labute approximate surface area is 179 Å². The first kappa shape index (κ1) is 23.8. The molecule has 0 radical (unpaired) electrons. The van der Waals surface area contributed by atoms with Gasteiger partial charge >= 0.3 is 6.03 Å². The predicted octanol–water partition coefficient (Wildman–Crippen LogP) is 2.02. The van der Waals surface area contributed by atoms with E-state index in [-0.39, 0.29) is 42.7 Å². The number of carbonyl (C=O) groups is 2. The van der Waals surface area contributed by atoms with Gasteiger partial charge in [0.25, 0.3) is 5.91 Å². The van der Waals surface area contributed by atoms with Gasteiger partial charge in [-0.1, -0.05) is 13.0 Å². The topological polar surface area (TPSA) is 85.4 Å². The monoisotopic (exact) mass is 420 g/mol. The number of nitrogens with one attached hydrogen (secondary N) is 1. The van der Waals surface area contributed by atoms with E-state index in [0.29, 0.717) is 24.4 Å². The highest BCUT2D eigenvalue weighted by Crippen LogP contribution is 2.36. The van der Waals surface area contributed by atoms with Crippen LogP contribution in [0.1, 0.15) is 38.1 Å². The zero-order valence-electron chi connectivity index (χ0n) is 19.2. The van der Waals surface area contributed by atoms with Crippen molar-refractivity contribution in [3.8, 4) is 5.75 Å². The quantitative estimate of drug-likeness (QED) is 0.736. The van der Waals surface area contributed by atoms with E-state index < -0.39 is 0 Å². The van der Waals surface area contributed by atoms with Crippen molar-refractivity contribution in [2.45, 2.75) is 45.9 Å². The summed E-state index contributed by atoms with van der Waals surface area (Å²) in [6, 6.07) is 5.04. The minimum atomic E-state index is -0.325. The maximum absolute atomic E-state index is 13.3. The van der Waals surface area contributed by atoms with Gasteiger partial charge in [0, 0.05) is 39.6 Å². The number of likely N-dealkylation sites (N-methyl/N-ethyl adjacent to an activating group) is 1. The first-order chi connectivity index (χ1) is 14.1. The summed E-state index contributed by atoms with van der Waals surface area (Å²) in [6.07, 6.45) is -0.325. The Morgan fingerprint density at radius 2 is 1.97 bits per heavy atom. The molecular weight excluding hydrogens is 384 g/mol. The molecule has 168 valence electrons. The second-order valence-electron chi connectivity index (χ2n) is 8.66. The molecule has 0 saturated heterocycles. The molecule has 1 aromatic carbocycles. The SMILES string of the molecule is CC(C)NC(=O)N(C)C[C@@H]1Oc2c(cccc2N(C)C)C(=O)N([C@@H](C)CO)C[C@H]1C. The summed E-state index contributed by atoms with van der Waals surface area (Å²) < 4.78 is 6.43. The fraction of sp³-hybridized carbons (Fsp3) is 0.636. The lowest BCUT2D eigenvalue weighted by molar-refractivity contribution is 0.0368. The lowest BCUT2D eigenvalue weighted by Gasteiger charge is -2.39. The number of hydrogen-bond acceptors (Lipinski definition) is 5. The number of amides is 3. The number of nitrogens with zero attached hydrogens (tertiary/aromatic N) is 3. The molecule has 0 unspecified atom stereocenters. The van der Waals surface area contributed by atoms with Gasteiger partial charge < -0.3 is 29.9 Å².